The van der Waals surface area contributed by atoms with Gasteiger partial charge >= 0.3 is 0 Å². The van der Waals surface area contributed by atoms with E-state index < -0.39 is 0 Å². The fraction of sp³-hybridized carbons (Fsp3) is 0.400. The summed E-state index contributed by atoms with van der Waals surface area (Å²) in [7, 11) is 0. The Labute approximate surface area is 112 Å². The van der Waals surface area contributed by atoms with Crippen molar-refractivity contribution in [2.45, 2.75) is 32.6 Å². The lowest BCUT2D eigenvalue weighted by molar-refractivity contribution is -0.123. The molecule has 0 radical (unpaired) electrons. The van der Waals surface area contributed by atoms with E-state index in [9.17, 15) is 4.79 Å². The van der Waals surface area contributed by atoms with Gasteiger partial charge in [-0.2, -0.15) is 0 Å². The number of carbonyl (C=O) groups is 1. The Hall–Kier alpha value is -1.97. The topological polar surface area (TPSA) is 47.8 Å². The highest BCUT2D eigenvalue weighted by Gasteiger charge is 2.29. The predicted molar refractivity (Wildman–Crippen MR) is 72.3 cm³/mol. The molecule has 19 heavy (non-hydrogen) atoms. The number of rotatable bonds is 3. The molecule has 0 N–H and O–H groups in total. The Bertz CT molecular complexity index is 602. The van der Waals surface area contributed by atoms with Crippen LogP contribution in [0.4, 0.5) is 0 Å². The van der Waals surface area contributed by atoms with Crippen molar-refractivity contribution in [1.29, 1.82) is 0 Å². The minimum Gasteiger partial charge on any atom is -0.299 e. The molecule has 0 fully saturated rings. The van der Waals surface area contributed by atoms with Crippen LogP contribution in [0, 0.1) is 5.92 Å². The first-order chi connectivity index (χ1) is 9.16. The van der Waals surface area contributed by atoms with Gasteiger partial charge in [-0.05, 0) is 36.1 Å². The van der Waals surface area contributed by atoms with Gasteiger partial charge in [0.15, 0.2) is 0 Å². The number of benzene rings is 1. The van der Waals surface area contributed by atoms with Crippen LogP contribution in [0.1, 0.15) is 37.3 Å². The summed E-state index contributed by atoms with van der Waals surface area (Å²) in [5, 5.41) is 7.81. The predicted octanol–water partition coefficient (Wildman–Crippen LogP) is 2.52. The van der Waals surface area contributed by atoms with Crippen LogP contribution in [-0.2, 0) is 11.2 Å². The van der Waals surface area contributed by atoms with Gasteiger partial charge in [-0.3, -0.25) is 4.79 Å². The van der Waals surface area contributed by atoms with Crippen LogP contribution in [0.15, 0.2) is 30.6 Å². The smallest absolute Gasteiger partial charge is 0.142 e. The molecule has 3 rings (SSSR count). The Morgan fingerprint density at radius 3 is 2.95 bits per heavy atom. The molecule has 4 heteroatoms. The quantitative estimate of drug-likeness (QED) is 0.846. The summed E-state index contributed by atoms with van der Waals surface area (Å²) < 4.78 is 1.75. The highest BCUT2D eigenvalue weighted by molar-refractivity contribution is 5.88. The summed E-state index contributed by atoms with van der Waals surface area (Å²) in [5.41, 5.74) is 3.48. The number of Topliss-reactive ketones (excluding diaryl/α,β-unsaturated/α-hetero) is 1. The summed E-state index contributed by atoms with van der Waals surface area (Å²) in [6.45, 7) is 3.95. The van der Waals surface area contributed by atoms with Crippen molar-refractivity contribution in [3.05, 3.63) is 41.7 Å². The maximum absolute atomic E-state index is 12.2. The van der Waals surface area contributed by atoms with Gasteiger partial charge in [0.05, 0.1) is 18.1 Å². The maximum atomic E-state index is 12.2. The normalized spacial score (nSPS) is 17.7. The third-order valence-electron chi connectivity index (χ3n) is 3.80. The largest absolute Gasteiger partial charge is 0.299 e. The molecule has 1 heterocycles. The molecule has 4 nitrogen and oxygen atoms in total. The zero-order valence-electron chi connectivity index (χ0n) is 11.2. The van der Waals surface area contributed by atoms with Crippen molar-refractivity contribution in [1.82, 2.24) is 15.0 Å². The van der Waals surface area contributed by atoms with Gasteiger partial charge in [-0.25, -0.2) is 4.68 Å². The number of fused-ring (bicyclic) bond motifs is 1. The Balaban J connectivity index is 1.95. The highest BCUT2D eigenvalue weighted by atomic mass is 16.1. The molecule has 2 aromatic rings. The van der Waals surface area contributed by atoms with E-state index in [4.69, 9.17) is 0 Å². The molecule has 1 unspecified atom stereocenters. The molecule has 1 atom stereocenters. The van der Waals surface area contributed by atoms with Gasteiger partial charge in [0.25, 0.3) is 0 Å². The highest BCUT2D eigenvalue weighted by Crippen LogP contribution is 2.36. The second kappa shape index (κ2) is 4.61. The third-order valence-corrected chi connectivity index (χ3v) is 3.80. The summed E-state index contributed by atoms with van der Waals surface area (Å²) in [5.74, 6) is 0.540. The average molecular weight is 255 g/mol. The first-order valence-electron chi connectivity index (χ1n) is 6.70. The second-order valence-electron chi connectivity index (χ2n) is 5.38. The lowest BCUT2D eigenvalue weighted by atomic mass is 9.90. The van der Waals surface area contributed by atoms with Crippen molar-refractivity contribution in [2.24, 2.45) is 5.92 Å². The summed E-state index contributed by atoms with van der Waals surface area (Å²) in [4.78, 5) is 12.2. The number of ketones is 1. The van der Waals surface area contributed by atoms with Crippen LogP contribution < -0.4 is 0 Å². The first-order valence-corrected chi connectivity index (χ1v) is 6.70. The molecule has 1 aromatic carbocycles. The summed E-state index contributed by atoms with van der Waals surface area (Å²) in [6.07, 6.45) is 5.40. The minimum atomic E-state index is 0.0831. The van der Waals surface area contributed by atoms with Gasteiger partial charge in [0, 0.05) is 11.8 Å². The van der Waals surface area contributed by atoms with E-state index >= 15 is 0 Å². The molecule has 0 spiro atoms. The number of aromatic nitrogens is 3. The zero-order valence-corrected chi connectivity index (χ0v) is 11.2. The van der Waals surface area contributed by atoms with Gasteiger partial charge < -0.3 is 0 Å². The molecule has 98 valence electrons. The van der Waals surface area contributed by atoms with Crippen molar-refractivity contribution < 1.29 is 4.79 Å². The molecule has 0 bridgehead atoms. The van der Waals surface area contributed by atoms with Crippen LogP contribution in [0.3, 0.4) is 0 Å². The van der Waals surface area contributed by atoms with Crippen LogP contribution in [0.5, 0.6) is 0 Å². The SMILES string of the molecule is CC(C)C(=O)C1CCc2cc(-n3ccnn3)ccc21. The number of hydrogen-bond acceptors (Lipinski definition) is 3. The standard InChI is InChI=1S/C15H17N3O/c1-10(2)15(19)14-5-3-11-9-12(4-6-13(11)14)18-8-7-16-17-18/h4,6-10,14H,3,5H2,1-2H3. The monoisotopic (exact) mass is 255 g/mol. The van der Waals surface area contributed by atoms with E-state index in [1.807, 2.05) is 26.1 Å². The van der Waals surface area contributed by atoms with Crippen molar-refractivity contribution in [3.63, 3.8) is 0 Å². The molecule has 1 aliphatic rings. The number of carbonyl (C=O) groups excluding carboxylic acids is 1. The molecule has 0 saturated carbocycles. The maximum Gasteiger partial charge on any atom is 0.142 e. The average Bonchev–Trinajstić information content (AvgIpc) is 3.06. The summed E-state index contributed by atoms with van der Waals surface area (Å²) in [6, 6.07) is 6.21. The Morgan fingerprint density at radius 2 is 2.26 bits per heavy atom. The van der Waals surface area contributed by atoms with E-state index in [0.717, 1.165) is 18.5 Å². The van der Waals surface area contributed by atoms with Crippen LogP contribution in [-0.4, -0.2) is 20.8 Å². The van der Waals surface area contributed by atoms with Crippen molar-refractivity contribution in [3.8, 4) is 5.69 Å². The van der Waals surface area contributed by atoms with Gasteiger partial charge in [-0.15, -0.1) is 5.10 Å². The Morgan fingerprint density at radius 1 is 1.42 bits per heavy atom. The lowest BCUT2D eigenvalue weighted by Crippen LogP contribution is -2.15. The van der Waals surface area contributed by atoms with Crippen molar-refractivity contribution in [2.75, 3.05) is 0 Å². The fourth-order valence-corrected chi connectivity index (χ4v) is 2.79. The van der Waals surface area contributed by atoms with Gasteiger partial charge in [0.2, 0.25) is 0 Å². The third kappa shape index (κ3) is 2.07. The fourth-order valence-electron chi connectivity index (χ4n) is 2.79. The van der Waals surface area contributed by atoms with E-state index in [2.05, 4.69) is 22.4 Å². The van der Waals surface area contributed by atoms with Gasteiger partial charge in [0.1, 0.15) is 5.78 Å². The van der Waals surface area contributed by atoms with Crippen molar-refractivity contribution >= 4 is 5.78 Å². The number of hydrogen-bond donors (Lipinski definition) is 0. The molecular formula is C15H17N3O. The van der Waals surface area contributed by atoms with E-state index in [0.29, 0.717) is 5.78 Å². The van der Waals surface area contributed by atoms with E-state index in [-0.39, 0.29) is 11.8 Å². The van der Waals surface area contributed by atoms with Crippen LogP contribution in [0.2, 0.25) is 0 Å². The van der Waals surface area contributed by atoms with E-state index in [1.54, 1.807) is 10.9 Å². The molecule has 0 saturated heterocycles. The second-order valence-corrected chi connectivity index (χ2v) is 5.38. The minimum absolute atomic E-state index is 0.0831. The molecule has 1 aromatic heterocycles. The van der Waals surface area contributed by atoms with Gasteiger partial charge in [-0.1, -0.05) is 25.1 Å². The number of nitrogens with zero attached hydrogens (tertiary/aromatic N) is 3. The number of aryl methyl sites for hydroxylation is 1. The lowest BCUT2D eigenvalue weighted by Gasteiger charge is -2.13. The van der Waals surface area contributed by atoms with E-state index in [1.165, 1.54) is 11.1 Å². The molecular weight excluding hydrogens is 238 g/mol. The van der Waals surface area contributed by atoms with Crippen LogP contribution >= 0.6 is 0 Å². The zero-order chi connectivity index (χ0) is 13.4. The van der Waals surface area contributed by atoms with Crippen LogP contribution in [0.25, 0.3) is 5.69 Å². The molecule has 0 aliphatic heterocycles. The first kappa shape index (κ1) is 12.1. The molecule has 1 aliphatic carbocycles. The molecule has 0 amide bonds. The summed E-state index contributed by atoms with van der Waals surface area (Å²) >= 11 is 0. The Kier molecular flexibility index (Phi) is 2.93.